The molecule has 0 saturated heterocycles. The Morgan fingerprint density at radius 3 is 2.76 bits per heavy atom. The molecule has 0 radical (unpaired) electrons. The average molecular weight is 323 g/mol. The van der Waals surface area contributed by atoms with Crippen molar-refractivity contribution in [3.63, 3.8) is 0 Å². The molecule has 4 heteroatoms. The van der Waals surface area contributed by atoms with Crippen LogP contribution < -0.4 is 4.57 Å². The van der Waals surface area contributed by atoms with E-state index in [0.29, 0.717) is 0 Å². The summed E-state index contributed by atoms with van der Waals surface area (Å²) in [5.41, 5.74) is 7.39. The molecule has 0 saturated carbocycles. The summed E-state index contributed by atoms with van der Waals surface area (Å²) in [7, 11) is 0. The summed E-state index contributed by atoms with van der Waals surface area (Å²) in [6.45, 7) is 0.857. The van der Waals surface area contributed by atoms with Gasteiger partial charge in [-0.25, -0.2) is 13.5 Å². The molecule has 1 aliphatic heterocycles. The molecule has 1 aliphatic rings. The van der Waals surface area contributed by atoms with Crippen molar-refractivity contribution in [3.8, 4) is 17.1 Å². The van der Waals surface area contributed by atoms with Crippen LogP contribution in [0.3, 0.4) is 0 Å². The average Bonchev–Trinajstić information content (AvgIpc) is 3.29. The summed E-state index contributed by atoms with van der Waals surface area (Å²) in [5.74, 6) is 1.23. The molecule has 1 aromatic carbocycles. The molecule has 5 heterocycles. The first kappa shape index (κ1) is 13.0. The molecule has 0 atom stereocenters. The molecule has 4 nitrogen and oxygen atoms in total. The lowest BCUT2D eigenvalue weighted by Gasteiger charge is -2.03. The van der Waals surface area contributed by atoms with Gasteiger partial charge in [0.15, 0.2) is 5.52 Å². The molecule has 0 spiro atoms. The van der Waals surface area contributed by atoms with Crippen LogP contribution in [0.25, 0.3) is 33.8 Å². The quantitative estimate of drug-likeness (QED) is 0.425. The molecule has 0 bridgehead atoms. The highest BCUT2D eigenvalue weighted by Gasteiger charge is 2.34. The highest BCUT2D eigenvalue weighted by atomic mass is 15.2. The van der Waals surface area contributed by atoms with Gasteiger partial charge < -0.3 is 0 Å². The molecule has 6 rings (SSSR count). The fourth-order valence-corrected chi connectivity index (χ4v) is 4.06. The van der Waals surface area contributed by atoms with Gasteiger partial charge in [-0.1, -0.05) is 24.3 Å². The minimum absolute atomic E-state index is 0.857. The number of imidazole rings is 1. The number of hydrogen-bond acceptors (Lipinski definition) is 1. The second kappa shape index (κ2) is 4.57. The summed E-state index contributed by atoms with van der Waals surface area (Å²) in [5, 5.41) is 0. The molecule has 0 unspecified atom stereocenters. The van der Waals surface area contributed by atoms with Crippen LogP contribution in [0.15, 0.2) is 79.3 Å². The zero-order valence-corrected chi connectivity index (χ0v) is 13.5. The van der Waals surface area contributed by atoms with Crippen molar-refractivity contribution in [2.45, 2.75) is 6.54 Å². The first-order valence-corrected chi connectivity index (χ1v) is 8.45. The van der Waals surface area contributed by atoms with Gasteiger partial charge >= 0.3 is 0 Å². The summed E-state index contributed by atoms with van der Waals surface area (Å²) < 4.78 is 7.05. The van der Waals surface area contributed by atoms with Crippen molar-refractivity contribution >= 4 is 16.7 Å². The Morgan fingerprint density at radius 2 is 1.84 bits per heavy atom. The van der Waals surface area contributed by atoms with Gasteiger partial charge in [0.2, 0.25) is 5.82 Å². The maximum absolute atomic E-state index is 4.32. The van der Waals surface area contributed by atoms with Gasteiger partial charge in [0.05, 0.1) is 18.3 Å². The number of hydrogen-bond donors (Lipinski definition) is 0. The van der Waals surface area contributed by atoms with Crippen molar-refractivity contribution < 1.29 is 4.57 Å². The number of para-hydroxylation sites is 1. The van der Waals surface area contributed by atoms with Crippen LogP contribution in [0.5, 0.6) is 0 Å². The molecule has 0 fully saturated rings. The fraction of sp³-hybridized carbons (Fsp3) is 0.0476. The molecule has 0 aliphatic carbocycles. The largest absolute Gasteiger partial charge is 0.274 e. The molecular formula is C21H15N4+. The van der Waals surface area contributed by atoms with Crippen LogP contribution in [0.4, 0.5) is 0 Å². The van der Waals surface area contributed by atoms with Gasteiger partial charge in [-0.2, -0.15) is 0 Å². The van der Waals surface area contributed by atoms with Gasteiger partial charge in [0, 0.05) is 24.0 Å². The lowest BCUT2D eigenvalue weighted by Crippen LogP contribution is -2.32. The monoisotopic (exact) mass is 323 g/mol. The maximum Gasteiger partial charge on any atom is 0.274 e. The third-order valence-electron chi connectivity index (χ3n) is 5.08. The van der Waals surface area contributed by atoms with E-state index in [-0.39, 0.29) is 0 Å². The Kier molecular flexibility index (Phi) is 2.37. The molecule has 118 valence electrons. The number of fused-ring (bicyclic) bond motifs is 7. The predicted molar refractivity (Wildman–Crippen MR) is 96.8 cm³/mol. The van der Waals surface area contributed by atoms with Crippen LogP contribution in [-0.4, -0.2) is 14.0 Å². The van der Waals surface area contributed by atoms with Crippen molar-refractivity contribution in [1.29, 1.82) is 0 Å². The van der Waals surface area contributed by atoms with E-state index in [0.717, 1.165) is 6.54 Å². The van der Waals surface area contributed by atoms with Gasteiger partial charge in [0.1, 0.15) is 11.2 Å². The SMILES string of the molecule is c1ccc(-n2c3[n+](c4c2cc2ccccn24)Cc2cnccc2-3)cc1. The summed E-state index contributed by atoms with van der Waals surface area (Å²) in [6, 6.07) is 21.3. The molecular weight excluding hydrogens is 308 g/mol. The second-order valence-corrected chi connectivity index (χ2v) is 6.46. The zero-order valence-electron chi connectivity index (χ0n) is 13.5. The summed E-state index contributed by atoms with van der Waals surface area (Å²) >= 11 is 0. The standard InChI is InChI=1S/C21H15N4/c1-2-6-16(7-3-1)25-19-12-17-8-4-5-11-23(17)21(19)24-14-15-13-22-10-9-18(15)20(24)25/h1-13H,14H2/q+1. The molecule has 4 aromatic heterocycles. The van der Waals surface area contributed by atoms with Crippen molar-refractivity contribution in [2.24, 2.45) is 0 Å². The number of benzene rings is 1. The molecule has 0 amide bonds. The van der Waals surface area contributed by atoms with E-state index in [9.17, 15) is 0 Å². The maximum atomic E-state index is 4.32. The highest BCUT2D eigenvalue weighted by Crippen LogP contribution is 2.34. The van der Waals surface area contributed by atoms with Crippen LogP contribution in [0.2, 0.25) is 0 Å². The van der Waals surface area contributed by atoms with E-state index in [1.807, 2.05) is 12.4 Å². The van der Waals surface area contributed by atoms with E-state index < -0.39 is 0 Å². The van der Waals surface area contributed by atoms with Crippen LogP contribution >= 0.6 is 0 Å². The van der Waals surface area contributed by atoms with Crippen molar-refractivity contribution in [2.75, 3.05) is 0 Å². The first-order chi connectivity index (χ1) is 12.4. The van der Waals surface area contributed by atoms with Gasteiger partial charge in [-0.05, 0) is 30.3 Å². The third kappa shape index (κ3) is 1.61. The molecule has 5 aromatic rings. The molecule has 25 heavy (non-hydrogen) atoms. The minimum atomic E-state index is 0.857. The highest BCUT2D eigenvalue weighted by molar-refractivity contribution is 5.85. The van der Waals surface area contributed by atoms with E-state index >= 15 is 0 Å². The predicted octanol–water partition coefficient (Wildman–Crippen LogP) is 3.59. The number of rotatable bonds is 1. The van der Waals surface area contributed by atoms with E-state index in [1.54, 1.807) is 0 Å². The Morgan fingerprint density at radius 1 is 0.960 bits per heavy atom. The number of nitrogens with zero attached hydrogens (tertiary/aromatic N) is 4. The van der Waals surface area contributed by atoms with Crippen LogP contribution in [-0.2, 0) is 6.54 Å². The van der Waals surface area contributed by atoms with E-state index in [2.05, 4.69) is 85.4 Å². The third-order valence-corrected chi connectivity index (χ3v) is 5.08. The van der Waals surface area contributed by atoms with Crippen molar-refractivity contribution in [3.05, 3.63) is 84.8 Å². The lowest BCUT2D eigenvalue weighted by molar-refractivity contribution is -0.648. The van der Waals surface area contributed by atoms with Gasteiger partial charge in [0.25, 0.3) is 5.65 Å². The summed E-state index contributed by atoms with van der Waals surface area (Å²) in [4.78, 5) is 4.32. The Labute approximate surface area is 144 Å². The van der Waals surface area contributed by atoms with Gasteiger partial charge in [-0.15, -0.1) is 0 Å². The Hall–Kier alpha value is -3.40. The number of aromatic nitrogens is 4. The fourth-order valence-electron chi connectivity index (χ4n) is 4.06. The first-order valence-electron chi connectivity index (χ1n) is 8.45. The van der Waals surface area contributed by atoms with Crippen LogP contribution in [0.1, 0.15) is 5.56 Å². The smallest absolute Gasteiger partial charge is 0.264 e. The zero-order chi connectivity index (χ0) is 16.4. The number of pyridine rings is 2. The normalized spacial score (nSPS) is 12.6. The second-order valence-electron chi connectivity index (χ2n) is 6.46. The minimum Gasteiger partial charge on any atom is -0.264 e. The van der Waals surface area contributed by atoms with E-state index in [1.165, 1.54) is 39.3 Å². The lowest BCUT2D eigenvalue weighted by atomic mass is 10.1. The topological polar surface area (TPSA) is 26.1 Å². The van der Waals surface area contributed by atoms with Gasteiger partial charge in [-0.3, -0.25) is 4.98 Å². The van der Waals surface area contributed by atoms with Crippen LogP contribution in [0, 0.1) is 0 Å². The van der Waals surface area contributed by atoms with E-state index in [4.69, 9.17) is 0 Å². The Bertz CT molecular complexity index is 1260. The van der Waals surface area contributed by atoms with Crippen molar-refractivity contribution in [1.82, 2.24) is 14.0 Å². The Balaban J connectivity index is 1.83. The molecule has 0 N–H and O–H groups in total. The summed E-state index contributed by atoms with van der Waals surface area (Å²) in [6.07, 6.45) is 6.01.